The minimum absolute atomic E-state index is 0.159. The Morgan fingerprint density at radius 1 is 0.968 bits per heavy atom. The lowest BCUT2D eigenvalue weighted by molar-refractivity contribution is -0.253. The molecule has 172 valence electrons. The third-order valence-electron chi connectivity index (χ3n) is 4.19. The SMILES string of the molecule is COCc1cccc(C(NCC(O)C(F)(F)F)c2cccc(OC(F)(F)C(F)F)c2)c1. The minimum Gasteiger partial charge on any atom is -0.428 e. The maximum atomic E-state index is 13.3. The van der Waals surface area contributed by atoms with Crippen LogP contribution in [0.1, 0.15) is 22.7 Å². The zero-order valence-electron chi connectivity index (χ0n) is 16.2. The van der Waals surface area contributed by atoms with E-state index in [1.54, 1.807) is 24.3 Å². The Balaban J connectivity index is 2.38. The largest absolute Gasteiger partial charge is 0.461 e. The quantitative estimate of drug-likeness (QED) is 0.512. The van der Waals surface area contributed by atoms with E-state index >= 15 is 0 Å². The van der Waals surface area contributed by atoms with Crippen LogP contribution in [0.4, 0.5) is 30.7 Å². The molecule has 0 aliphatic heterocycles. The third kappa shape index (κ3) is 7.08. The predicted molar refractivity (Wildman–Crippen MR) is 97.1 cm³/mol. The molecule has 2 rings (SSSR count). The Kier molecular flexibility index (Phi) is 8.27. The van der Waals surface area contributed by atoms with Crippen molar-refractivity contribution in [1.29, 1.82) is 0 Å². The molecule has 0 bridgehead atoms. The van der Waals surface area contributed by atoms with Crippen LogP contribution in [0.15, 0.2) is 48.5 Å². The summed E-state index contributed by atoms with van der Waals surface area (Å²) in [6, 6.07) is 10.2. The lowest BCUT2D eigenvalue weighted by Gasteiger charge is -2.24. The van der Waals surface area contributed by atoms with Crippen molar-refractivity contribution in [3.63, 3.8) is 0 Å². The highest BCUT2D eigenvalue weighted by molar-refractivity contribution is 5.38. The van der Waals surface area contributed by atoms with E-state index in [0.717, 1.165) is 12.1 Å². The summed E-state index contributed by atoms with van der Waals surface area (Å²) >= 11 is 0. The molecule has 0 saturated heterocycles. The second-order valence-electron chi connectivity index (χ2n) is 6.61. The summed E-state index contributed by atoms with van der Waals surface area (Å²) in [6.07, 6.45) is -16.4. The number of hydrogen-bond donors (Lipinski definition) is 2. The molecule has 31 heavy (non-hydrogen) atoms. The third-order valence-corrected chi connectivity index (χ3v) is 4.19. The van der Waals surface area contributed by atoms with Gasteiger partial charge in [-0.05, 0) is 28.8 Å². The molecule has 4 nitrogen and oxygen atoms in total. The fourth-order valence-electron chi connectivity index (χ4n) is 2.76. The molecule has 0 radical (unpaired) electrons. The number of rotatable bonds is 10. The van der Waals surface area contributed by atoms with Gasteiger partial charge in [0.15, 0.2) is 6.10 Å². The van der Waals surface area contributed by atoms with Crippen molar-refractivity contribution in [3.8, 4) is 5.75 Å². The van der Waals surface area contributed by atoms with E-state index in [-0.39, 0.29) is 12.2 Å². The maximum Gasteiger partial charge on any atom is 0.461 e. The van der Waals surface area contributed by atoms with E-state index in [4.69, 9.17) is 4.74 Å². The maximum absolute atomic E-state index is 13.3. The van der Waals surface area contributed by atoms with Gasteiger partial charge in [-0.3, -0.25) is 0 Å². The van der Waals surface area contributed by atoms with E-state index in [1.165, 1.54) is 19.2 Å². The molecular formula is C20H20F7NO3. The van der Waals surface area contributed by atoms with Gasteiger partial charge in [0.25, 0.3) is 0 Å². The minimum atomic E-state index is -4.88. The zero-order valence-corrected chi connectivity index (χ0v) is 16.2. The highest BCUT2D eigenvalue weighted by atomic mass is 19.4. The van der Waals surface area contributed by atoms with E-state index in [9.17, 15) is 35.8 Å². The standard InChI is InChI=1S/C20H20F7NO3/c1-30-11-12-4-2-5-13(8-12)17(28-10-16(29)19(23,24)25)14-6-3-7-15(9-14)31-20(26,27)18(21)22/h2-9,16-18,28-29H,10-11H2,1H3. The van der Waals surface area contributed by atoms with Gasteiger partial charge in [0, 0.05) is 13.7 Å². The number of aliphatic hydroxyl groups excluding tert-OH is 1. The van der Waals surface area contributed by atoms with Gasteiger partial charge in [-0.25, -0.2) is 0 Å². The van der Waals surface area contributed by atoms with Gasteiger partial charge in [-0.1, -0.05) is 36.4 Å². The molecule has 2 aromatic carbocycles. The summed E-state index contributed by atoms with van der Waals surface area (Å²) in [5, 5.41) is 11.9. The molecule has 0 aromatic heterocycles. The van der Waals surface area contributed by atoms with Crippen molar-refractivity contribution in [3.05, 3.63) is 65.2 Å². The zero-order chi connectivity index (χ0) is 23.2. The summed E-state index contributed by atoms with van der Waals surface area (Å²) in [5.74, 6) is -0.598. The lowest BCUT2D eigenvalue weighted by atomic mass is 9.96. The summed E-state index contributed by atoms with van der Waals surface area (Å²) in [6.45, 7) is -0.698. The van der Waals surface area contributed by atoms with Gasteiger partial charge in [0.1, 0.15) is 5.75 Å². The van der Waals surface area contributed by atoms with Crippen LogP contribution in [-0.4, -0.2) is 43.6 Å². The van der Waals surface area contributed by atoms with Crippen molar-refractivity contribution in [2.24, 2.45) is 0 Å². The highest BCUT2D eigenvalue weighted by Gasteiger charge is 2.44. The molecule has 0 aliphatic carbocycles. The number of nitrogens with one attached hydrogen (secondary N) is 1. The van der Waals surface area contributed by atoms with Crippen LogP contribution in [0, 0.1) is 0 Å². The normalized spacial score (nSPS) is 14.5. The van der Waals surface area contributed by atoms with Gasteiger partial charge in [0.05, 0.1) is 12.6 Å². The predicted octanol–water partition coefficient (Wildman–Crippen LogP) is 4.67. The van der Waals surface area contributed by atoms with E-state index in [1.807, 2.05) is 0 Å². The molecule has 0 aliphatic rings. The Labute approximate surface area is 173 Å². The van der Waals surface area contributed by atoms with Crippen molar-refractivity contribution in [2.45, 2.75) is 37.5 Å². The van der Waals surface area contributed by atoms with Crippen LogP contribution in [0.3, 0.4) is 0 Å². The second kappa shape index (κ2) is 10.3. The molecular weight excluding hydrogens is 435 g/mol. The first-order valence-corrected chi connectivity index (χ1v) is 8.95. The van der Waals surface area contributed by atoms with Crippen LogP contribution in [0.25, 0.3) is 0 Å². The second-order valence-corrected chi connectivity index (χ2v) is 6.61. The average molecular weight is 455 g/mol. The first kappa shape index (κ1) is 24.9. The topological polar surface area (TPSA) is 50.7 Å². The van der Waals surface area contributed by atoms with Gasteiger partial charge >= 0.3 is 18.7 Å². The number of halogens is 7. The molecule has 2 atom stereocenters. The number of aliphatic hydroxyl groups is 1. The van der Waals surface area contributed by atoms with Crippen molar-refractivity contribution < 1.29 is 45.3 Å². The molecule has 2 unspecified atom stereocenters. The van der Waals surface area contributed by atoms with Crippen LogP contribution in [0.2, 0.25) is 0 Å². The van der Waals surface area contributed by atoms with Crippen LogP contribution >= 0.6 is 0 Å². The molecule has 0 spiro atoms. The van der Waals surface area contributed by atoms with Crippen LogP contribution in [0.5, 0.6) is 5.75 Å². The van der Waals surface area contributed by atoms with E-state index in [2.05, 4.69) is 10.1 Å². The first-order chi connectivity index (χ1) is 14.4. The summed E-state index contributed by atoms with van der Waals surface area (Å²) < 4.78 is 98.6. The Hall–Kier alpha value is -2.37. The lowest BCUT2D eigenvalue weighted by Crippen LogP contribution is -2.40. The molecule has 0 saturated carbocycles. The molecule has 0 amide bonds. The van der Waals surface area contributed by atoms with Crippen molar-refractivity contribution in [1.82, 2.24) is 5.32 Å². The molecule has 0 heterocycles. The molecule has 11 heteroatoms. The Morgan fingerprint density at radius 2 is 1.58 bits per heavy atom. The number of benzene rings is 2. The van der Waals surface area contributed by atoms with Gasteiger partial charge < -0.3 is 19.9 Å². The fraction of sp³-hybridized carbons (Fsp3) is 0.400. The first-order valence-electron chi connectivity index (χ1n) is 8.95. The average Bonchev–Trinajstić information content (AvgIpc) is 2.68. The van der Waals surface area contributed by atoms with E-state index in [0.29, 0.717) is 11.1 Å². The summed E-state index contributed by atoms with van der Waals surface area (Å²) in [4.78, 5) is 0. The van der Waals surface area contributed by atoms with Gasteiger partial charge in [0.2, 0.25) is 0 Å². The summed E-state index contributed by atoms with van der Waals surface area (Å²) in [7, 11) is 1.45. The van der Waals surface area contributed by atoms with E-state index < -0.39 is 43.2 Å². The monoisotopic (exact) mass is 455 g/mol. The summed E-state index contributed by atoms with van der Waals surface area (Å²) in [5.41, 5.74) is 1.27. The number of hydrogen-bond acceptors (Lipinski definition) is 4. The van der Waals surface area contributed by atoms with Gasteiger partial charge in [-0.2, -0.15) is 30.7 Å². The van der Waals surface area contributed by atoms with Crippen LogP contribution < -0.4 is 10.1 Å². The molecule has 2 aromatic rings. The van der Waals surface area contributed by atoms with Crippen molar-refractivity contribution in [2.75, 3.05) is 13.7 Å². The number of ether oxygens (including phenoxy) is 2. The van der Waals surface area contributed by atoms with Crippen LogP contribution in [-0.2, 0) is 11.3 Å². The number of methoxy groups -OCH3 is 1. The Bertz CT molecular complexity index is 846. The number of alkyl halides is 7. The van der Waals surface area contributed by atoms with Crippen molar-refractivity contribution >= 4 is 0 Å². The molecule has 2 N–H and O–H groups in total. The fourth-order valence-corrected chi connectivity index (χ4v) is 2.76. The molecule has 0 fully saturated rings. The van der Waals surface area contributed by atoms with Gasteiger partial charge in [-0.15, -0.1) is 0 Å². The Morgan fingerprint density at radius 3 is 2.16 bits per heavy atom. The highest BCUT2D eigenvalue weighted by Crippen LogP contribution is 2.31. The smallest absolute Gasteiger partial charge is 0.428 e.